The molecule has 94 valence electrons. The van der Waals surface area contributed by atoms with Gasteiger partial charge in [-0.25, -0.2) is 5.01 Å². The SMILES string of the molecule is CC1CCCC(C)N1Nc1cc(Cl)ccc1N. The van der Waals surface area contributed by atoms with Gasteiger partial charge < -0.3 is 11.2 Å². The van der Waals surface area contributed by atoms with E-state index in [1.165, 1.54) is 19.3 Å². The van der Waals surface area contributed by atoms with Crippen LogP contribution in [0, 0.1) is 0 Å². The van der Waals surface area contributed by atoms with E-state index >= 15 is 0 Å². The van der Waals surface area contributed by atoms with E-state index in [0.29, 0.717) is 17.1 Å². The van der Waals surface area contributed by atoms with E-state index in [4.69, 9.17) is 17.3 Å². The van der Waals surface area contributed by atoms with Gasteiger partial charge in [0, 0.05) is 17.1 Å². The summed E-state index contributed by atoms with van der Waals surface area (Å²) in [4.78, 5) is 0. The first kappa shape index (κ1) is 12.5. The molecule has 4 heteroatoms. The summed E-state index contributed by atoms with van der Waals surface area (Å²) in [7, 11) is 0. The molecule has 1 fully saturated rings. The van der Waals surface area contributed by atoms with Gasteiger partial charge in [-0.3, -0.25) is 0 Å². The lowest BCUT2D eigenvalue weighted by Gasteiger charge is -2.39. The summed E-state index contributed by atoms with van der Waals surface area (Å²) < 4.78 is 0. The van der Waals surface area contributed by atoms with Gasteiger partial charge in [-0.1, -0.05) is 18.0 Å². The van der Waals surface area contributed by atoms with Crippen LogP contribution < -0.4 is 11.2 Å². The molecule has 0 aliphatic carbocycles. The first-order chi connectivity index (χ1) is 8.08. The number of hydrazine groups is 1. The molecule has 2 rings (SSSR count). The van der Waals surface area contributed by atoms with Crippen LogP contribution in [0.2, 0.25) is 5.02 Å². The second-order valence-electron chi connectivity index (χ2n) is 4.88. The van der Waals surface area contributed by atoms with Crippen molar-refractivity contribution in [1.29, 1.82) is 0 Å². The summed E-state index contributed by atoms with van der Waals surface area (Å²) in [5.41, 5.74) is 11.0. The molecule has 3 nitrogen and oxygen atoms in total. The highest BCUT2D eigenvalue weighted by molar-refractivity contribution is 6.31. The number of rotatable bonds is 2. The quantitative estimate of drug-likeness (QED) is 0.793. The Labute approximate surface area is 108 Å². The zero-order valence-electron chi connectivity index (χ0n) is 10.4. The van der Waals surface area contributed by atoms with Crippen molar-refractivity contribution in [1.82, 2.24) is 5.01 Å². The zero-order valence-corrected chi connectivity index (χ0v) is 11.2. The summed E-state index contributed by atoms with van der Waals surface area (Å²) >= 11 is 5.99. The highest BCUT2D eigenvalue weighted by atomic mass is 35.5. The van der Waals surface area contributed by atoms with Gasteiger partial charge in [0.1, 0.15) is 0 Å². The number of anilines is 2. The van der Waals surface area contributed by atoms with E-state index in [9.17, 15) is 0 Å². The Kier molecular flexibility index (Phi) is 3.79. The van der Waals surface area contributed by atoms with Crippen molar-refractivity contribution in [3.63, 3.8) is 0 Å². The monoisotopic (exact) mass is 253 g/mol. The van der Waals surface area contributed by atoms with Gasteiger partial charge in [0.25, 0.3) is 0 Å². The molecule has 1 saturated heterocycles. The van der Waals surface area contributed by atoms with Gasteiger partial charge in [0.15, 0.2) is 0 Å². The Morgan fingerprint density at radius 1 is 1.29 bits per heavy atom. The fraction of sp³-hybridized carbons (Fsp3) is 0.538. The largest absolute Gasteiger partial charge is 0.397 e. The minimum atomic E-state index is 0.525. The van der Waals surface area contributed by atoms with Gasteiger partial charge in [0.2, 0.25) is 0 Å². The number of nitrogens with zero attached hydrogens (tertiary/aromatic N) is 1. The Balaban J connectivity index is 2.16. The highest BCUT2D eigenvalue weighted by Gasteiger charge is 2.24. The van der Waals surface area contributed by atoms with Gasteiger partial charge in [-0.15, -0.1) is 0 Å². The average Bonchev–Trinajstić information content (AvgIpc) is 2.28. The maximum absolute atomic E-state index is 5.99. The fourth-order valence-electron chi connectivity index (χ4n) is 2.41. The number of halogens is 1. The molecule has 0 radical (unpaired) electrons. The van der Waals surface area contributed by atoms with Gasteiger partial charge in [0.05, 0.1) is 11.4 Å². The molecule has 1 aromatic carbocycles. The number of nitrogen functional groups attached to an aromatic ring is 1. The van der Waals surface area contributed by atoms with Crippen LogP contribution >= 0.6 is 11.6 Å². The first-order valence-electron chi connectivity index (χ1n) is 6.18. The van der Waals surface area contributed by atoms with Crippen molar-refractivity contribution >= 4 is 23.0 Å². The molecule has 0 bridgehead atoms. The third-order valence-corrected chi connectivity index (χ3v) is 3.69. The Bertz CT molecular complexity index is 384. The summed E-state index contributed by atoms with van der Waals surface area (Å²) in [5, 5.41) is 2.99. The average molecular weight is 254 g/mol. The van der Waals surface area contributed by atoms with Crippen LogP contribution in [0.3, 0.4) is 0 Å². The third-order valence-electron chi connectivity index (χ3n) is 3.46. The zero-order chi connectivity index (χ0) is 12.4. The maximum Gasteiger partial charge on any atom is 0.0735 e. The minimum absolute atomic E-state index is 0.525. The van der Waals surface area contributed by atoms with Crippen LogP contribution in [0.5, 0.6) is 0 Å². The van der Waals surface area contributed by atoms with Crippen molar-refractivity contribution in [3.05, 3.63) is 23.2 Å². The van der Waals surface area contributed by atoms with Crippen molar-refractivity contribution in [2.75, 3.05) is 11.2 Å². The Morgan fingerprint density at radius 3 is 2.59 bits per heavy atom. The molecule has 17 heavy (non-hydrogen) atoms. The van der Waals surface area contributed by atoms with Crippen molar-refractivity contribution < 1.29 is 0 Å². The number of benzene rings is 1. The minimum Gasteiger partial charge on any atom is -0.397 e. The molecule has 1 heterocycles. The Hall–Kier alpha value is -0.930. The van der Waals surface area contributed by atoms with Crippen molar-refractivity contribution in [2.24, 2.45) is 0 Å². The molecule has 2 unspecified atom stereocenters. The van der Waals surface area contributed by atoms with Crippen molar-refractivity contribution in [2.45, 2.75) is 45.2 Å². The van der Waals surface area contributed by atoms with Crippen molar-refractivity contribution in [3.8, 4) is 0 Å². The smallest absolute Gasteiger partial charge is 0.0735 e. The predicted octanol–water partition coefficient (Wildman–Crippen LogP) is 3.51. The van der Waals surface area contributed by atoms with Gasteiger partial charge >= 0.3 is 0 Å². The van der Waals surface area contributed by atoms with Crippen LogP contribution in [0.1, 0.15) is 33.1 Å². The van der Waals surface area contributed by atoms with E-state index in [1.807, 2.05) is 18.2 Å². The van der Waals surface area contributed by atoms with Crippen LogP contribution in [-0.4, -0.2) is 17.1 Å². The summed E-state index contributed by atoms with van der Waals surface area (Å²) in [5.74, 6) is 0. The Morgan fingerprint density at radius 2 is 1.94 bits per heavy atom. The number of nitrogens with two attached hydrogens (primary N) is 1. The molecule has 0 aromatic heterocycles. The summed E-state index contributed by atoms with van der Waals surface area (Å²) in [6.07, 6.45) is 3.74. The first-order valence-corrected chi connectivity index (χ1v) is 6.55. The molecular weight excluding hydrogens is 234 g/mol. The lowest BCUT2D eigenvalue weighted by atomic mass is 10.00. The second-order valence-corrected chi connectivity index (χ2v) is 5.32. The number of nitrogens with one attached hydrogen (secondary N) is 1. The van der Waals surface area contributed by atoms with E-state index in [2.05, 4.69) is 24.3 Å². The number of piperidine rings is 1. The normalized spacial score (nSPS) is 25.8. The number of hydrogen-bond donors (Lipinski definition) is 2. The topological polar surface area (TPSA) is 41.3 Å². The number of hydrogen-bond acceptors (Lipinski definition) is 3. The molecule has 3 N–H and O–H groups in total. The molecule has 0 saturated carbocycles. The molecule has 0 amide bonds. The highest BCUT2D eigenvalue weighted by Crippen LogP contribution is 2.28. The van der Waals surface area contributed by atoms with Crippen LogP contribution in [0.15, 0.2) is 18.2 Å². The molecule has 1 aromatic rings. The molecule has 1 aliphatic rings. The van der Waals surface area contributed by atoms with E-state index in [1.54, 1.807) is 0 Å². The third kappa shape index (κ3) is 2.85. The maximum atomic E-state index is 5.99. The van der Waals surface area contributed by atoms with E-state index in [0.717, 1.165) is 11.4 Å². The molecule has 0 spiro atoms. The second kappa shape index (κ2) is 5.15. The van der Waals surface area contributed by atoms with Crippen LogP contribution in [0.25, 0.3) is 0 Å². The molecule has 1 aliphatic heterocycles. The summed E-state index contributed by atoms with van der Waals surface area (Å²) in [6.45, 7) is 4.48. The molecular formula is C13H20ClN3. The van der Waals surface area contributed by atoms with E-state index in [-0.39, 0.29) is 0 Å². The standard InChI is InChI=1S/C13H20ClN3/c1-9-4-3-5-10(2)17(9)16-13-8-11(14)6-7-12(13)15/h6-10,16H,3-5,15H2,1-2H3. The van der Waals surface area contributed by atoms with Crippen LogP contribution in [0.4, 0.5) is 11.4 Å². The lowest BCUT2D eigenvalue weighted by Crippen LogP contribution is -2.47. The summed E-state index contributed by atoms with van der Waals surface area (Å²) in [6, 6.07) is 6.58. The van der Waals surface area contributed by atoms with E-state index < -0.39 is 0 Å². The van der Waals surface area contributed by atoms with Gasteiger partial charge in [-0.2, -0.15) is 0 Å². The molecule has 2 atom stereocenters. The lowest BCUT2D eigenvalue weighted by molar-refractivity contribution is 0.136. The fourth-order valence-corrected chi connectivity index (χ4v) is 2.58. The van der Waals surface area contributed by atoms with Gasteiger partial charge in [-0.05, 0) is 44.9 Å². The van der Waals surface area contributed by atoms with Crippen LogP contribution in [-0.2, 0) is 0 Å². The predicted molar refractivity (Wildman–Crippen MR) is 74.1 cm³/mol.